The number of nitrogens with zero attached hydrogens (tertiary/aromatic N) is 1. The number of ether oxygens (including phenoxy) is 1. The predicted octanol–water partition coefficient (Wildman–Crippen LogP) is 4.13. The molecule has 0 saturated carbocycles. The lowest BCUT2D eigenvalue weighted by Crippen LogP contribution is -2.35. The number of halogens is 1. The largest absolute Gasteiger partial charge is 0.488 e. The van der Waals surface area contributed by atoms with Gasteiger partial charge in [0.05, 0.1) is 3.57 Å². The first-order valence-corrected chi connectivity index (χ1v) is 9.67. The van der Waals surface area contributed by atoms with Crippen LogP contribution in [0.2, 0.25) is 0 Å². The van der Waals surface area contributed by atoms with Crippen LogP contribution in [0.5, 0.6) is 5.75 Å². The second kappa shape index (κ2) is 9.21. The Morgan fingerprint density at radius 3 is 2.62 bits per heavy atom. The van der Waals surface area contributed by atoms with Crippen molar-refractivity contribution >= 4 is 51.4 Å². The van der Waals surface area contributed by atoms with Crippen molar-refractivity contribution in [2.45, 2.75) is 6.61 Å². The van der Waals surface area contributed by atoms with Crippen LogP contribution in [0.3, 0.4) is 0 Å². The van der Waals surface area contributed by atoms with Crippen LogP contribution in [0, 0.1) is 14.9 Å². The lowest BCUT2D eigenvalue weighted by Gasteiger charge is -2.11. The minimum absolute atomic E-state index is 0.218. The number of nitriles is 1. The number of urea groups is 1. The van der Waals surface area contributed by atoms with E-state index in [4.69, 9.17) is 15.7 Å². The molecule has 144 valence electrons. The minimum Gasteiger partial charge on any atom is -0.488 e. The lowest BCUT2D eigenvalue weighted by atomic mass is 10.1. The van der Waals surface area contributed by atoms with E-state index in [0.29, 0.717) is 17.9 Å². The molecule has 3 aromatic rings. The molecule has 0 aliphatic rings. The monoisotopic (exact) mass is 497 g/mol. The molecule has 3 amide bonds. The van der Waals surface area contributed by atoms with Crippen molar-refractivity contribution in [1.29, 1.82) is 5.26 Å². The number of hydrogen-bond donors (Lipinski definition) is 2. The average molecular weight is 497 g/mol. The number of primary amides is 1. The van der Waals surface area contributed by atoms with Gasteiger partial charge < -0.3 is 10.5 Å². The number of hydrogen-bond acceptors (Lipinski definition) is 4. The lowest BCUT2D eigenvalue weighted by molar-refractivity contribution is -0.115. The SMILES string of the molecule is N#C/C(=C/c1ccc(OCc2cccc3ccccc23)c(I)c1)C(=O)NC(N)=O. The Labute approximate surface area is 181 Å². The third-order valence-corrected chi connectivity index (χ3v) is 4.97. The van der Waals surface area contributed by atoms with Crippen LogP contribution in [0.1, 0.15) is 11.1 Å². The van der Waals surface area contributed by atoms with Crippen LogP contribution < -0.4 is 15.8 Å². The summed E-state index contributed by atoms with van der Waals surface area (Å²) in [5.74, 6) is -0.151. The van der Waals surface area contributed by atoms with Crippen molar-refractivity contribution in [2.24, 2.45) is 5.73 Å². The Hall–Kier alpha value is -3.38. The standard InChI is InChI=1S/C22H16IN3O3/c23-19-11-14(10-17(12-24)21(27)26-22(25)28)8-9-20(19)29-13-16-6-3-5-15-4-1-2-7-18(15)16/h1-11H,13H2,(H3,25,26,27,28)/b17-10-. The summed E-state index contributed by atoms with van der Waals surface area (Å²) in [7, 11) is 0. The third-order valence-electron chi connectivity index (χ3n) is 4.13. The Morgan fingerprint density at radius 1 is 1.14 bits per heavy atom. The molecule has 0 aliphatic carbocycles. The smallest absolute Gasteiger partial charge is 0.319 e. The number of carbonyl (C=O) groups is 2. The van der Waals surface area contributed by atoms with Crippen LogP contribution in [0.25, 0.3) is 16.8 Å². The Balaban J connectivity index is 1.77. The number of rotatable bonds is 5. The van der Waals surface area contributed by atoms with Gasteiger partial charge in [0.2, 0.25) is 0 Å². The van der Waals surface area contributed by atoms with Crippen molar-refractivity contribution in [1.82, 2.24) is 5.32 Å². The molecule has 3 N–H and O–H groups in total. The Kier molecular flexibility index (Phi) is 6.46. The molecule has 0 atom stereocenters. The number of nitrogens with one attached hydrogen (secondary N) is 1. The summed E-state index contributed by atoms with van der Waals surface area (Å²) in [6.07, 6.45) is 1.38. The molecule has 0 unspecified atom stereocenters. The van der Waals surface area contributed by atoms with Crippen molar-refractivity contribution in [3.05, 3.63) is 80.9 Å². The summed E-state index contributed by atoms with van der Waals surface area (Å²) >= 11 is 2.13. The van der Waals surface area contributed by atoms with E-state index in [1.54, 1.807) is 24.3 Å². The third kappa shape index (κ3) is 5.12. The van der Waals surface area contributed by atoms with E-state index in [9.17, 15) is 9.59 Å². The minimum atomic E-state index is -1.01. The second-order valence-corrected chi connectivity index (χ2v) is 7.27. The van der Waals surface area contributed by atoms with Gasteiger partial charge in [-0.15, -0.1) is 0 Å². The van der Waals surface area contributed by atoms with Gasteiger partial charge >= 0.3 is 6.03 Å². The number of fused-ring (bicyclic) bond motifs is 1. The van der Waals surface area contributed by atoms with Crippen molar-refractivity contribution in [3.63, 3.8) is 0 Å². The maximum atomic E-state index is 11.8. The zero-order chi connectivity index (χ0) is 20.8. The number of amides is 3. The molecule has 29 heavy (non-hydrogen) atoms. The highest BCUT2D eigenvalue weighted by molar-refractivity contribution is 14.1. The van der Waals surface area contributed by atoms with Gasteiger partial charge in [-0.25, -0.2) is 4.79 Å². The van der Waals surface area contributed by atoms with Gasteiger partial charge in [-0.2, -0.15) is 5.26 Å². The first-order valence-electron chi connectivity index (χ1n) is 8.59. The number of nitrogens with two attached hydrogens (primary N) is 1. The molecule has 3 aromatic carbocycles. The molecule has 0 radical (unpaired) electrons. The van der Waals surface area contributed by atoms with Crippen molar-refractivity contribution < 1.29 is 14.3 Å². The summed E-state index contributed by atoms with van der Waals surface area (Å²) in [5, 5.41) is 13.3. The van der Waals surface area contributed by atoms with Gasteiger partial charge in [0, 0.05) is 0 Å². The van der Waals surface area contributed by atoms with Crippen LogP contribution in [0.15, 0.2) is 66.2 Å². The summed E-state index contributed by atoms with van der Waals surface area (Å²) in [5.41, 5.74) is 6.40. The zero-order valence-corrected chi connectivity index (χ0v) is 17.3. The van der Waals surface area contributed by atoms with Crippen LogP contribution >= 0.6 is 22.6 Å². The molecule has 0 aromatic heterocycles. The van der Waals surface area contributed by atoms with Gasteiger partial charge in [-0.1, -0.05) is 48.5 Å². The molecule has 0 fully saturated rings. The van der Waals surface area contributed by atoms with Crippen LogP contribution in [0.4, 0.5) is 4.79 Å². The molecule has 0 bridgehead atoms. The highest BCUT2D eigenvalue weighted by Crippen LogP contribution is 2.26. The highest BCUT2D eigenvalue weighted by atomic mass is 127. The van der Waals surface area contributed by atoms with Crippen molar-refractivity contribution in [3.8, 4) is 11.8 Å². The summed E-state index contributed by atoms with van der Waals surface area (Å²) in [6, 6.07) is 20.3. The van der Waals surface area contributed by atoms with E-state index < -0.39 is 11.9 Å². The topological polar surface area (TPSA) is 105 Å². The average Bonchev–Trinajstić information content (AvgIpc) is 2.70. The van der Waals surface area contributed by atoms with E-state index in [1.807, 2.05) is 29.6 Å². The number of imide groups is 1. The molecule has 6 nitrogen and oxygen atoms in total. The number of carbonyl (C=O) groups excluding carboxylic acids is 2. The van der Waals surface area contributed by atoms with E-state index in [-0.39, 0.29) is 5.57 Å². The van der Waals surface area contributed by atoms with Crippen LogP contribution in [-0.2, 0) is 11.4 Å². The highest BCUT2D eigenvalue weighted by Gasteiger charge is 2.12. The Bertz CT molecular complexity index is 1160. The molecular formula is C22H16IN3O3. The van der Waals surface area contributed by atoms with Gasteiger partial charge in [0.15, 0.2) is 0 Å². The molecule has 3 rings (SSSR count). The first-order chi connectivity index (χ1) is 14.0. The van der Waals surface area contributed by atoms with Gasteiger partial charge in [0.1, 0.15) is 24.0 Å². The maximum absolute atomic E-state index is 11.8. The van der Waals surface area contributed by atoms with Gasteiger partial charge in [-0.05, 0) is 62.7 Å². The molecule has 0 spiro atoms. The van der Waals surface area contributed by atoms with Gasteiger partial charge in [-0.3, -0.25) is 10.1 Å². The maximum Gasteiger partial charge on any atom is 0.319 e. The van der Waals surface area contributed by atoms with Crippen LogP contribution in [-0.4, -0.2) is 11.9 Å². The molecular weight excluding hydrogens is 481 g/mol. The molecule has 0 saturated heterocycles. The number of benzene rings is 3. The Morgan fingerprint density at radius 2 is 1.90 bits per heavy atom. The molecule has 0 heterocycles. The predicted molar refractivity (Wildman–Crippen MR) is 119 cm³/mol. The summed E-state index contributed by atoms with van der Waals surface area (Å²) < 4.78 is 6.81. The fraction of sp³-hybridized carbons (Fsp3) is 0.0455. The summed E-state index contributed by atoms with van der Waals surface area (Å²) in [6.45, 7) is 0.414. The quantitative estimate of drug-likeness (QED) is 0.314. The van der Waals surface area contributed by atoms with Gasteiger partial charge in [0.25, 0.3) is 5.91 Å². The van der Waals surface area contributed by atoms with E-state index in [0.717, 1.165) is 19.9 Å². The molecule has 0 aliphatic heterocycles. The first kappa shape index (κ1) is 20.4. The fourth-order valence-electron chi connectivity index (χ4n) is 2.79. The normalized spacial score (nSPS) is 11.0. The molecule has 7 heteroatoms. The fourth-order valence-corrected chi connectivity index (χ4v) is 3.49. The zero-order valence-electron chi connectivity index (χ0n) is 15.2. The van der Waals surface area contributed by atoms with Crippen molar-refractivity contribution in [2.75, 3.05) is 0 Å². The van der Waals surface area contributed by atoms with E-state index in [1.165, 1.54) is 6.08 Å². The summed E-state index contributed by atoms with van der Waals surface area (Å²) in [4.78, 5) is 22.6. The van der Waals surface area contributed by atoms with E-state index in [2.05, 4.69) is 40.8 Å². The second-order valence-electron chi connectivity index (χ2n) is 6.10. The van der Waals surface area contributed by atoms with E-state index >= 15 is 0 Å².